The molecule has 0 saturated carbocycles. The molecule has 0 aliphatic heterocycles. The maximum absolute atomic E-state index is 14.0. The van der Waals surface area contributed by atoms with E-state index < -0.39 is 52.5 Å². The van der Waals surface area contributed by atoms with Crippen molar-refractivity contribution in [3.05, 3.63) is 29.6 Å². The standard InChI is InChI=1S/C13H17F4NO2S/c1-8(18-21(19)12(2,3)4)10-7-9(5-6-11(10)14)20-13(15,16)17/h5-8,18H,1-4H3/t8-,21-/m0/s1/i1D3. The molecule has 2 atom stereocenters. The number of alkyl halides is 3. The first-order valence-electron chi connectivity index (χ1n) is 7.34. The number of hydrogen-bond acceptors (Lipinski definition) is 3. The summed E-state index contributed by atoms with van der Waals surface area (Å²) in [6.07, 6.45) is -5.01. The summed E-state index contributed by atoms with van der Waals surface area (Å²) in [6.45, 7) is 1.84. The molecule has 1 aromatic rings. The lowest BCUT2D eigenvalue weighted by atomic mass is 10.1. The van der Waals surface area contributed by atoms with Gasteiger partial charge in [0.2, 0.25) is 0 Å². The summed E-state index contributed by atoms with van der Waals surface area (Å²) >= 11 is -1.89. The van der Waals surface area contributed by atoms with Gasteiger partial charge in [-0.3, -0.25) is 0 Å². The van der Waals surface area contributed by atoms with Crippen molar-refractivity contribution in [1.29, 1.82) is 0 Å². The van der Waals surface area contributed by atoms with Gasteiger partial charge in [-0.1, -0.05) is 0 Å². The predicted octanol–water partition coefficient (Wildman–Crippen LogP) is 3.84. The van der Waals surface area contributed by atoms with Crippen molar-refractivity contribution in [2.24, 2.45) is 0 Å². The molecule has 21 heavy (non-hydrogen) atoms. The van der Waals surface area contributed by atoms with E-state index in [1.54, 1.807) is 20.8 Å². The monoisotopic (exact) mass is 330 g/mol. The highest BCUT2D eigenvalue weighted by molar-refractivity contribution is 7.90. The Morgan fingerprint density at radius 2 is 1.95 bits per heavy atom. The molecule has 0 aromatic heterocycles. The molecule has 0 heterocycles. The summed E-state index contributed by atoms with van der Waals surface area (Å²) < 4.78 is 90.5. The molecule has 0 amide bonds. The second-order valence-corrected chi connectivity index (χ2v) is 7.16. The molecule has 0 fully saturated rings. The zero-order valence-corrected chi connectivity index (χ0v) is 12.4. The van der Waals surface area contributed by atoms with Gasteiger partial charge in [-0.05, 0) is 45.8 Å². The average Bonchev–Trinajstić information content (AvgIpc) is 2.34. The van der Waals surface area contributed by atoms with Gasteiger partial charge in [-0.25, -0.2) is 4.39 Å². The quantitative estimate of drug-likeness (QED) is 0.674. The maximum Gasteiger partial charge on any atom is 0.573 e. The van der Waals surface area contributed by atoms with Crippen LogP contribution in [0, 0.1) is 5.82 Å². The number of benzene rings is 1. The first-order chi connectivity index (χ1) is 10.6. The Hall–Kier alpha value is -0.990. The van der Waals surface area contributed by atoms with E-state index in [9.17, 15) is 22.1 Å². The minimum absolute atomic E-state index is 0.589. The molecule has 3 nitrogen and oxygen atoms in total. The van der Waals surface area contributed by atoms with Gasteiger partial charge in [0.1, 0.15) is 16.3 Å². The SMILES string of the molecule is [2H]C([2H])([2H])[C@H](N[S@@+]([O-])C(C)(C)C)c1cc(OC(F)(F)F)ccc1F. The van der Waals surface area contributed by atoms with Gasteiger partial charge in [-0.2, -0.15) is 0 Å². The van der Waals surface area contributed by atoms with Crippen molar-refractivity contribution in [2.45, 2.75) is 44.8 Å². The second-order valence-electron chi connectivity index (χ2n) is 5.16. The minimum Gasteiger partial charge on any atom is -0.598 e. The third-order valence-electron chi connectivity index (χ3n) is 2.29. The molecular weight excluding hydrogens is 310 g/mol. The van der Waals surface area contributed by atoms with Gasteiger partial charge in [0, 0.05) is 21.0 Å². The lowest BCUT2D eigenvalue weighted by Crippen LogP contribution is -2.40. The molecule has 8 heteroatoms. The summed E-state index contributed by atoms with van der Waals surface area (Å²) in [4.78, 5) is 0. The fourth-order valence-electron chi connectivity index (χ4n) is 1.29. The summed E-state index contributed by atoms with van der Waals surface area (Å²) in [6, 6.07) is 0.252. The lowest BCUT2D eigenvalue weighted by Gasteiger charge is -2.26. The fraction of sp³-hybridized carbons (Fsp3) is 0.538. The van der Waals surface area contributed by atoms with Gasteiger partial charge in [0.25, 0.3) is 0 Å². The van der Waals surface area contributed by atoms with Crippen LogP contribution in [0.15, 0.2) is 18.2 Å². The number of halogens is 4. The Morgan fingerprint density at radius 3 is 2.43 bits per heavy atom. The van der Waals surface area contributed by atoms with E-state index in [4.69, 9.17) is 4.11 Å². The van der Waals surface area contributed by atoms with Crippen LogP contribution in [-0.4, -0.2) is 15.7 Å². The highest BCUT2D eigenvalue weighted by Crippen LogP contribution is 2.28. The van der Waals surface area contributed by atoms with Crippen molar-refractivity contribution < 1.29 is 31.0 Å². The smallest absolute Gasteiger partial charge is 0.573 e. The third kappa shape index (κ3) is 5.72. The molecule has 1 rings (SSSR count). The van der Waals surface area contributed by atoms with Gasteiger partial charge < -0.3 is 9.29 Å². The molecule has 120 valence electrons. The van der Waals surface area contributed by atoms with E-state index >= 15 is 0 Å². The first kappa shape index (κ1) is 13.7. The topological polar surface area (TPSA) is 44.3 Å². The Balaban J connectivity index is 3.26. The van der Waals surface area contributed by atoms with E-state index in [2.05, 4.69) is 9.46 Å². The van der Waals surface area contributed by atoms with E-state index in [1.165, 1.54) is 0 Å². The number of rotatable bonds is 4. The summed E-state index contributed by atoms with van der Waals surface area (Å²) in [5.74, 6) is -1.82. The number of ether oxygens (including phenoxy) is 1. The Labute approximate surface area is 128 Å². The van der Waals surface area contributed by atoms with Crippen LogP contribution in [0.25, 0.3) is 0 Å². The van der Waals surface area contributed by atoms with E-state index in [0.717, 1.165) is 6.07 Å². The molecule has 0 saturated heterocycles. The molecule has 0 bridgehead atoms. The fourth-order valence-corrected chi connectivity index (χ4v) is 1.98. The highest BCUT2D eigenvalue weighted by Gasteiger charge is 2.32. The van der Waals surface area contributed by atoms with E-state index in [0.29, 0.717) is 12.1 Å². The Bertz CT molecular complexity index is 576. The molecule has 0 aliphatic rings. The van der Waals surface area contributed by atoms with Crippen molar-refractivity contribution in [1.82, 2.24) is 4.72 Å². The number of hydrogen-bond donors (Lipinski definition) is 1. The van der Waals surface area contributed by atoms with Crippen LogP contribution in [0.5, 0.6) is 5.75 Å². The highest BCUT2D eigenvalue weighted by atomic mass is 32.2. The van der Waals surface area contributed by atoms with Crippen LogP contribution in [0.4, 0.5) is 17.6 Å². The van der Waals surface area contributed by atoms with Gasteiger partial charge in [-0.15, -0.1) is 17.9 Å². The zero-order chi connectivity index (χ0) is 18.9. The minimum atomic E-state index is -5.01. The van der Waals surface area contributed by atoms with Gasteiger partial charge >= 0.3 is 6.36 Å². The molecule has 1 N–H and O–H groups in total. The predicted molar refractivity (Wildman–Crippen MR) is 72.5 cm³/mol. The Kier molecular flexibility index (Phi) is 4.17. The summed E-state index contributed by atoms with van der Waals surface area (Å²) in [7, 11) is 0. The van der Waals surface area contributed by atoms with Crippen LogP contribution in [0.3, 0.4) is 0 Å². The maximum atomic E-state index is 14.0. The van der Waals surface area contributed by atoms with Crippen LogP contribution < -0.4 is 9.46 Å². The number of nitrogens with one attached hydrogen (secondary N) is 1. The molecule has 0 aliphatic carbocycles. The largest absolute Gasteiger partial charge is 0.598 e. The zero-order valence-electron chi connectivity index (χ0n) is 14.5. The van der Waals surface area contributed by atoms with Crippen LogP contribution in [-0.2, 0) is 11.4 Å². The van der Waals surface area contributed by atoms with Crippen LogP contribution in [0.2, 0.25) is 0 Å². The summed E-state index contributed by atoms with van der Waals surface area (Å²) in [5.41, 5.74) is -0.589. The average molecular weight is 330 g/mol. The normalized spacial score (nSPS) is 18.4. The van der Waals surface area contributed by atoms with Crippen molar-refractivity contribution in [2.75, 3.05) is 0 Å². The molecule has 1 aromatic carbocycles. The van der Waals surface area contributed by atoms with E-state index in [1.807, 2.05) is 0 Å². The van der Waals surface area contributed by atoms with Crippen molar-refractivity contribution in [3.63, 3.8) is 0 Å². The molecule has 0 spiro atoms. The van der Waals surface area contributed by atoms with Gasteiger partial charge in [0.15, 0.2) is 0 Å². The second kappa shape index (κ2) is 6.41. The van der Waals surface area contributed by atoms with Gasteiger partial charge in [0.05, 0.1) is 6.04 Å². The lowest BCUT2D eigenvalue weighted by molar-refractivity contribution is -0.274. The molecular formula is C13H17F4NO2S. The third-order valence-corrected chi connectivity index (χ3v) is 3.86. The van der Waals surface area contributed by atoms with Crippen molar-refractivity contribution in [3.8, 4) is 5.75 Å². The summed E-state index contributed by atoms with van der Waals surface area (Å²) in [5, 5.41) is 0. The van der Waals surface area contributed by atoms with Crippen LogP contribution in [0.1, 0.15) is 43.3 Å². The van der Waals surface area contributed by atoms with Crippen molar-refractivity contribution >= 4 is 11.4 Å². The Morgan fingerprint density at radius 1 is 1.33 bits per heavy atom. The van der Waals surface area contributed by atoms with Crippen LogP contribution >= 0.6 is 0 Å². The van der Waals surface area contributed by atoms with E-state index in [-0.39, 0.29) is 0 Å². The molecule has 0 radical (unpaired) electrons. The molecule has 0 unspecified atom stereocenters. The first-order valence-corrected chi connectivity index (χ1v) is 6.99.